The first-order valence-corrected chi connectivity index (χ1v) is 7.42. The van der Waals surface area contributed by atoms with Crippen molar-refractivity contribution >= 4 is 24.1 Å². The Labute approximate surface area is 138 Å². The van der Waals surface area contributed by atoms with Crippen molar-refractivity contribution in [2.45, 2.75) is 37.8 Å². The second kappa shape index (κ2) is 8.94. The van der Waals surface area contributed by atoms with E-state index in [9.17, 15) is 19.2 Å². The maximum atomic E-state index is 11.7. The molecule has 2 N–H and O–H groups in total. The van der Waals surface area contributed by atoms with E-state index in [2.05, 4.69) is 9.47 Å². The van der Waals surface area contributed by atoms with E-state index in [1.807, 2.05) is 0 Å². The molecule has 0 aliphatic heterocycles. The van der Waals surface area contributed by atoms with Crippen LogP contribution in [0.2, 0.25) is 0 Å². The van der Waals surface area contributed by atoms with Crippen LogP contribution in [0.4, 0.5) is 9.59 Å². The van der Waals surface area contributed by atoms with Crippen LogP contribution in [0.15, 0.2) is 0 Å². The SMILES string of the molecule is COC(=O)N(CC(=O)O)[C@H]1CC[C@H](N(CC(=O)O)C(=O)OC)CC1. The predicted molar refractivity (Wildman–Crippen MR) is 79.5 cm³/mol. The van der Waals surface area contributed by atoms with E-state index in [0.29, 0.717) is 25.7 Å². The van der Waals surface area contributed by atoms with Crippen LogP contribution in [0.1, 0.15) is 25.7 Å². The summed E-state index contributed by atoms with van der Waals surface area (Å²) < 4.78 is 9.22. The maximum absolute atomic E-state index is 11.7. The summed E-state index contributed by atoms with van der Waals surface area (Å²) in [6, 6.07) is -0.678. The van der Waals surface area contributed by atoms with Gasteiger partial charge in [0.25, 0.3) is 0 Å². The molecule has 1 aliphatic rings. The van der Waals surface area contributed by atoms with Gasteiger partial charge in [-0.15, -0.1) is 0 Å². The number of hydrogen-bond donors (Lipinski definition) is 2. The molecule has 0 aromatic heterocycles. The largest absolute Gasteiger partial charge is 0.480 e. The molecule has 1 rings (SSSR count). The lowest BCUT2D eigenvalue weighted by atomic mass is 9.89. The van der Waals surface area contributed by atoms with E-state index in [-0.39, 0.29) is 12.1 Å². The molecule has 0 unspecified atom stereocenters. The van der Waals surface area contributed by atoms with Crippen molar-refractivity contribution in [3.63, 3.8) is 0 Å². The number of carboxylic acid groups (broad SMARTS) is 2. The number of rotatable bonds is 6. The standard InChI is InChI=1S/C14H22N2O8/c1-23-13(21)15(7-11(17)18)9-3-5-10(6-4-9)16(8-12(19)20)14(22)24-2/h9-10H,3-8H2,1-2H3,(H,17,18)(H,19,20)/t9-,10-. The minimum absolute atomic E-state index is 0.339. The number of nitrogens with zero attached hydrogens (tertiary/aromatic N) is 2. The van der Waals surface area contributed by atoms with Gasteiger partial charge in [0, 0.05) is 12.1 Å². The van der Waals surface area contributed by atoms with Crippen LogP contribution in [-0.2, 0) is 19.1 Å². The number of hydrogen-bond acceptors (Lipinski definition) is 6. The molecule has 136 valence electrons. The molecular weight excluding hydrogens is 324 g/mol. The Balaban J connectivity index is 2.74. The average Bonchev–Trinajstić information content (AvgIpc) is 2.56. The van der Waals surface area contributed by atoms with Crippen molar-refractivity contribution in [2.24, 2.45) is 0 Å². The Morgan fingerprint density at radius 2 is 1.08 bits per heavy atom. The molecule has 1 saturated carbocycles. The highest BCUT2D eigenvalue weighted by Crippen LogP contribution is 2.27. The third-order valence-electron chi connectivity index (χ3n) is 3.98. The van der Waals surface area contributed by atoms with Crippen molar-refractivity contribution in [1.29, 1.82) is 0 Å². The number of aliphatic carboxylic acids is 2. The first kappa shape index (κ1) is 19.5. The highest BCUT2D eigenvalue weighted by molar-refractivity contribution is 5.77. The van der Waals surface area contributed by atoms with Crippen LogP contribution in [0.3, 0.4) is 0 Å². The Morgan fingerprint density at radius 3 is 1.29 bits per heavy atom. The second-order valence-corrected chi connectivity index (χ2v) is 5.45. The summed E-state index contributed by atoms with van der Waals surface area (Å²) in [6.07, 6.45) is 0.271. The van der Waals surface area contributed by atoms with Crippen LogP contribution in [0.5, 0.6) is 0 Å². The van der Waals surface area contributed by atoms with Crippen molar-refractivity contribution in [2.75, 3.05) is 27.3 Å². The lowest BCUT2D eigenvalue weighted by Gasteiger charge is -2.38. The maximum Gasteiger partial charge on any atom is 0.410 e. The molecule has 10 heteroatoms. The first-order chi connectivity index (χ1) is 11.3. The fourth-order valence-electron chi connectivity index (χ4n) is 2.89. The number of carbonyl (C=O) groups is 4. The minimum atomic E-state index is -1.15. The Kier molecular flexibility index (Phi) is 7.28. The molecule has 0 aromatic carbocycles. The molecule has 2 amide bonds. The fourth-order valence-corrected chi connectivity index (χ4v) is 2.89. The average molecular weight is 346 g/mol. The summed E-state index contributed by atoms with van der Waals surface area (Å²) in [6.45, 7) is -0.949. The van der Waals surface area contributed by atoms with Gasteiger partial charge in [0.2, 0.25) is 0 Å². The van der Waals surface area contributed by atoms with Gasteiger partial charge in [-0.3, -0.25) is 19.4 Å². The smallest absolute Gasteiger partial charge is 0.410 e. The van der Waals surface area contributed by atoms with Gasteiger partial charge in [0.1, 0.15) is 13.1 Å². The summed E-state index contributed by atoms with van der Waals surface area (Å²) >= 11 is 0. The van der Waals surface area contributed by atoms with Gasteiger partial charge >= 0.3 is 24.1 Å². The zero-order chi connectivity index (χ0) is 18.3. The first-order valence-electron chi connectivity index (χ1n) is 7.42. The molecule has 0 spiro atoms. The fraction of sp³-hybridized carbons (Fsp3) is 0.714. The van der Waals surface area contributed by atoms with Crippen molar-refractivity contribution in [3.8, 4) is 0 Å². The minimum Gasteiger partial charge on any atom is -0.480 e. The molecule has 0 atom stereocenters. The number of methoxy groups -OCH3 is 2. The molecule has 10 nitrogen and oxygen atoms in total. The molecule has 1 fully saturated rings. The number of amides is 2. The van der Waals surface area contributed by atoms with Crippen LogP contribution >= 0.6 is 0 Å². The number of ether oxygens (including phenoxy) is 2. The third kappa shape index (κ3) is 5.28. The Hall–Kier alpha value is -2.52. The molecule has 0 bridgehead atoms. The number of carbonyl (C=O) groups excluding carboxylic acids is 2. The van der Waals surface area contributed by atoms with Crippen molar-refractivity contribution in [1.82, 2.24) is 9.80 Å². The summed E-state index contributed by atoms with van der Waals surface area (Å²) in [4.78, 5) is 47.6. The van der Waals surface area contributed by atoms with Gasteiger partial charge in [0.05, 0.1) is 14.2 Å². The molecule has 0 radical (unpaired) electrons. The zero-order valence-corrected chi connectivity index (χ0v) is 13.6. The zero-order valence-electron chi connectivity index (χ0n) is 13.6. The second-order valence-electron chi connectivity index (χ2n) is 5.45. The van der Waals surface area contributed by atoms with Gasteiger partial charge < -0.3 is 19.7 Å². The van der Waals surface area contributed by atoms with Crippen LogP contribution in [-0.4, -0.2) is 83.5 Å². The summed E-state index contributed by atoms with van der Waals surface area (Å²) in [7, 11) is 2.35. The van der Waals surface area contributed by atoms with Crippen molar-refractivity contribution < 1.29 is 38.9 Å². The van der Waals surface area contributed by atoms with E-state index in [1.54, 1.807) is 0 Å². The third-order valence-corrected chi connectivity index (χ3v) is 3.98. The Bertz CT molecular complexity index is 443. The predicted octanol–water partition coefficient (Wildman–Crippen LogP) is 0.604. The molecule has 1 aliphatic carbocycles. The van der Waals surface area contributed by atoms with E-state index in [1.165, 1.54) is 14.2 Å². The van der Waals surface area contributed by atoms with Gasteiger partial charge in [0.15, 0.2) is 0 Å². The molecule has 0 saturated heterocycles. The van der Waals surface area contributed by atoms with E-state index >= 15 is 0 Å². The van der Waals surface area contributed by atoms with E-state index < -0.39 is 37.2 Å². The Morgan fingerprint density at radius 1 is 0.792 bits per heavy atom. The van der Waals surface area contributed by atoms with Gasteiger partial charge in [-0.1, -0.05) is 0 Å². The van der Waals surface area contributed by atoms with Crippen LogP contribution in [0, 0.1) is 0 Å². The normalized spacial score (nSPS) is 19.9. The highest BCUT2D eigenvalue weighted by Gasteiger charge is 2.35. The summed E-state index contributed by atoms with van der Waals surface area (Å²) in [5.74, 6) is -2.30. The quantitative estimate of drug-likeness (QED) is 0.714. The van der Waals surface area contributed by atoms with Crippen LogP contribution in [0.25, 0.3) is 0 Å². The van der Waals surface area contributed by atoms with E-state index in [4.69, 9.17) is 10.2 Å². The van der Waals surface area contributed by atoms with Gasteiger partial charge in [-0.05, 0) is 25.7 Å². The topological polar surface area (TPSA) is 134 Å². The molecule has 0 heterocycles. The summed E-state index contributed by atoms with van der Waals surface area (Å²) in [5.41, 5.74) is 0. The molecule has 0 aromatic rings. The van der Waals surface area contributed by atoms with Crippen molar-refractivity contribution in [3.05, 3.63) is 0 Å². The molecular formula is C14H22N2O8. The monoisotopic (exact) mass is 346 g/mol. The van der Waals surface area contributed by atoms with Gasteiger partial charge in [-0.25, -0.2) is 9.59 Å². The lowest BCUT2D eigenvalue weighted by Crippen LogP contribution is -2.50. The number of carboxylic acids is 2. The lowest BCUT2D eigenvalue weighted by molar-refractivity contribution is -0.140. The molecule has 24 heavy (non-hydrogen) atoms. The summed E-state index contributed by atoms with van der Waals surface area (Å²) in [5, 5.41) is 17.8. The van der Waals surface area contributed by atoms with Crippen LogP contribution < -0.4 is 0 Å². The van der Waals surface area contributed by atoms with E-state index in [0.717, 1.165) is 9.80 Å². The highest BCUT2D eigenvalue weighted by atomic mass is 16.5. The van der Waals surface area contributed by atoms with Gasteiger partial charge in [-0.2, -0.15) is 0 Å².